The third-order valence-corrected chi connectivity index (χ3v) is 2.66. The molecule has 0 aliphatic carbocycles. The van der Waals surface area contributed by atoms with E-state index in [1.54, 1.807) is 30.3 Å². The highest BCUT2D eigenvalue weighted by molar-refractivity contribution is 5.92. The zero-order valence-electron chi connectivity index (χ0n) is 12.6. The average molecular weight is 327 g/mol. The van der Waals surface area contributed by atoms with Crippen LogP contribution in [0.25, 0.3) is 0 Å². The summed E-state index contributed by atoms with van der Waals surface area (Å²) in [6, 6.07) is 6.67. The first kappa shape index (κ1) is 19.9. The van der Waals surface area contributed by atoms with Gasteiger partial charge >= 0.3 is 6.03 Å². The van der Waals surface area contributed by atoms with E-state index < -0.39 is 0 Å². The molecule has 0 saturated carbocycles. The first-order valence-electron chi connectivity index (χ1n) is 6.86. The Morgan fingerprint density at radius 1 is 1.14 bits per heavy atom. The number of rotatable bonds is 8. The van der Waals surface area contributed by atoms with Crippen LogP contribution in [0.1, 0.15) is 12.8 Å². The summed E-state index contributed by atoms with van der Waals surface area (Å²) >= 11 is 0. The van der Waals surface area contributed by atoms with E-state index in [-0.39, 0.29) is 24.3 Å². The van der Waals surface area contributed by atoms with Crippen LogP contribution in [0.3, 0.4) is 0 Å². The standard InChI is InChI=1S/C15H22N4O2.ClH/c1-3-10-17-15(21)19-13-8-6-12(7-9-13)18-14(20)5-4-11-16-2;/h3,6-9,16H,1,4-5,10-11H2,2H3,(H,18,20)(H2,17,19,21);1H. The number of hydrogen-bond donors (Lipinski definition) is 4. The van der Waals surface area contributed by atoms with Crippen molar-refractivity contribution < 1.29 is 9.59 Å². The van der Waals surface area contributed by atoms with Crippen molar-refractivity contribution in [2.75, 3.05) is 30.8 Å². The third kappa shape index (κ3) is 8.28. The molecule has 0 radical (unpaired) electrons. The highest BCUT2D eigenvalue weighted by Gasteiger charge is 2.03. The number of nitrogens with one attached hydrogen (secondary N) is 4. The minimum Gasteiger partial charge on any atom is -0.334 e. The number of hydrogen-bond acceptors (Lipinski definition) is 3. The Hall–Kier alpha value is -2.05. The van der Waals surface area contributed by atoms with Crippen LogP contribution in [0.5, 0.6) is 0 Å². The SMILES string of the molecule is C=CCNC(=O)Nc1ccc(NC(=O)CCCNC)cc1.Cl. The maximum absolute atomic E-state index is 11.6. The maximum atomic E-state index is 11.6. The molecule has 0 fully saturated rings. The molecule has 122 valence electrons. The van der Waals surface area contributed by atoms with Crippen molar-refractivity contribution in [3.8, 4) is 0 Å². The summed E-state index contributed by atoms with van der Waals surface area (Å²) in [7, 11) is 1.86. The van der Waals surface area contributed by atoms with E-state index in [0.29, 0.717) is 24.3 Å². The van der Waals surface area contributed by atoms with Gasteiger partial charge in [0.2, 0.25) is 5.91 Å². The van der Waals surface area contributed by atoms with Crippen molar-refractivity contribution in [2.45, 2.75) is 12.8 Å². The molecule has 0 heterocycles. The lowest BCUT2D eigenvalue weighted by Gasteiger charge is -2.08. The van der Waals surface area contributed by atoms with E-state index >= 15 is 0 Å². The molecule has 0 aliphatic rings. The topological polar surface area (TPSA) is 82.3 Å². The van der Waals surface area contributed by atoms with Gasteiger partial charge in [0, 0.05) is 24.3 Å². The Balaban J connectivity index is 0.00000441. The smallest absolute Gasteiger partial charge is 0.319 e. The van der Waals surface area contributed by atoms with Crippen molar-refractivity contribution in [1.82, 2.24) is 10.6 Å². The van der Waals surface area contributed by atoms with Crippen molar-refractivity contribution in [2.24, 2.45) is 0 Å². The highest BCUT2D eigenvalue weighted by atomic mass is 35.5. The lowest BCUT2D eigenvalue weighted by atomic mass is 10.2. The minimum atomic E-state index is -0.293. The van der Waals surface area contributed by atoms with Gasteiger partial charge in [-0.15, -0.1) is 19.0 Å². The number of carbonyl (C=O) groups is 2. The molecule has 4 N–H and O–H groups in total. The van der Waals surface area contributed by atoms with Gasteiger partial charge in [0.15, 0.2) is 0 Å². The fourth-order valence-corrected chi connectivity index (χ4v) is 1.63. The van der Waals surface area contributed by atoms with Gasteiger partial charge in [-0.05, 0) is 44.3 Å². The summed E-state index contributed by atoms with van der Waals surface area (Å²) in [5, 5.41) is 11.1. The zero-order chi connectivity index (χ0) is 15.5. The van der Waals surface area contributed by atoms with Crippen LogP contribution in [0.15, 0.2) is 36.9 Å². The lowest BCUT2D eigenvalue weighted by Crippen LogP contribution is -2.28. The summed E-state index contributed by atoms with van der Waals surface area (Å²) in [5.41, 5.74) is 1.37. The summed E-state index contributed by atoms with van der Waals surface area (Å²) in [4.78, 5) is 23.1. The van der Waals surface area contributed by atoms with Crippen LogP contribution in [0, 0.1) is 0 Å². The maximum Gasteiger partial charge on any atom is 0.319 e. The van der Waals surface area contributed by atoms with E-state index in [9.17, 15) is 9.59 Å². The van der Waals surface area contributed by atoms with Crippen LogP contribution < -0.4 is 21.3 Å². The van der Waals surface area contributed by atoms with E-state index in [2.05, 4.69) is 27.8 Å². The van der Waals surface area contributed by atoms with Crippen molar-refractivity contribution in [3.05, 3.63) is 36.9 Å². The first-order valence-corrected chi connectivity index (χ1v) is 6.86. The molecular weight excluding hydrogens is 304 g/mol. The van der Waals surface area contributed by atoms with Gasteiger partial charge in [-0.3, -0.25) is 4.79 Å². The van der Waals surface area contributed by atoms with Crippen molar-refractivity contribution >= 4 is 35.7 Å². The van der Waals surface area contributed by atoms with Crippen LogP contribution >= 0.6 is 12.4 Å². The average Bonchev–Trinajstić information content (AvgIpc) is 2.47. The van der Waals surface area contributed by atoms with Crippen molar-refractivity contribution in [1.29, 1.82) is 0 Å². The first-order chi connectivity index (χ1) is 10.2. The monoisotopic (exact) mass is 326 g/mol. The van der Waals surface area contributed by atoms with Gasteiger partial charge in [-0.1, -0.05) is 6.08 Å². The predicted molar refractivity (Wildman–Crippen MR) is 92.7 cm³/mol. The molecule has 3 amide bonds. The molecule has 0 spiro atoms. The number of urea groups is 1. The molecular formula is C15H23ClN4O2. The highest BCUT2D eigenvalue weighted by Crippen LogP contribution is 2.13. The summed E-state index contributed by atoms with van der Waals surface area (Å²) < 4.78 is 0. The van der Waals surface area contributed by atoms with Gasteiger partial charge in [0.1, 0.15) is 0 Å². The molecule has 22 heavy (non-hydrogen) atoms. The minimum absolute atomic E-state index is 0. The number of anilines is 2. The van der Waals surface area contributed by atoms with Crippen molar-refractivity contribution in [3.63, 3.8) is 0 Å². The Kier molecular flexibility index (Phi) is 10.5. The zero-order valence-corrected chi connectivity index (χ0v) is 13.5. The van der Waals surface area contributed by atoms with E-state index in [1.807, 2.05) is 7.05 Å². The number of halogens is 1. The van der Waals surface area contributed by atoms with Gasteiger partial charge in [0.25, 0.3) is 0 Å². The molecule has 1 aromatic carbocycles. The number of carbonyl (C=O) groups excluding carboxylic acids is 2. The molecule has 0 atom stereocenters. The Morgan fingerprint density at radius 3 is 2.27 bits per heavy atom. The summed E-state index contributed by atoms with van der Waals surface area (Å²) in [6.07, 6.45) is 2.88. The second kappa shape index (κ2) is 11.6. The number of benzene rings is 1. The fraction of sp³-hybridized carbons (Fsp3) is 0.333. The second-order valence-corrected chi connectivity index (χ2v) is 4.46. The predicted octanol–water partition coefficient (Wildman–Crippen LogP) is 2.35. The normalized spacial score (nSPS) is 9.32. The van der Waals surface area contributed by atoms with Crippen LogP contribution in [0.4, 0.5) is 16.2 Å². The molecule has 0 aliphatic heterocycles. The van der Waals surface area contributed by atoms with Crippen LogP contribution in [-0.2, 0) is 4.79 Å². The summed E-state index contributed by atoms with van der Waals surface area (Å²) in [6.45, 7) is 4.74. The quantitative estimate of drug-likeness (QED) is 0.437. The fourth-order valence-electron chi connectivity index (χ4n) is 1.63. The largest absolute Gasteiger partial charge is 0.334 e. The third-order valence-electron chi connectivity index (χ3n) is 2.66. The van der Waals surface area contributed by atoms with Crippen LogP contribution in [0.2, 0.25) is 0 Å². The molecule has 1 rings (SSSR count). The number of amides is 3. The Bertz CT molecular complexity index is 477. The second-order valence-electron chi connectivity index (χ2n) is 4.46. The van der Waals surface area contributed by atoms with Gasteiger partial charge in [0.05, 0.1) is 0 Å². The Labute approximate surface area is 137 Å². The van der Waals surface area contributed by atoms with Gasteiger partial charge < -0.3 is 21.3 Å². The molecule has 0 bridgehead atoms. The summed E-state index contributed by atoms with van der Waals surface area (Å²) in [5.74, 6) is -0.0188. The molecule has 0 unspecified atom stereocenters. The van der Waals surface area contributed by atoms with E-state index in [1.165, 1.54) is 0 Å². The molecule has 0 aromatic heterocycles. The lowest BCUT2D eigenvalue weighted by molar-refractivity contribution is -0.116. The molecule has 6 nitrogen and oxygen atoms in total. The van der Waals surface area contributed by atoms with E-state index in [0.717, 1.165) is 13.0 Å². The van der Waals surface area contributed by atoms with E-state index in [4.69, 9.17) is 0 Å². The van der Waals surface area contributed by atoms with Crippen LogP contribution in [-0.4, -0.2) is 32.1 Å². The molecule has 0 saturated heterocycles. The molecule has 7 heteroatoms. The van der Waals surface area contributed by atoms with Gasteiger partial charge in [-0.25, -0.2) is 4.79 Å². The molecule has 1 aromatic rings. The Morgan fingerprint density at radius 2 is 1.73 bits per heavy atom. The van der Waals surface area contributed by atoms with Gasteiger partial charge in [-0.2, -0.15) is 0 Å².